The number of aryl methyl sites for hydroxylation is 1. The molecule has 0 aromatic heterocycles. The Bertz CT molecular complexity index is 1060. The predicted octanol–water partition coefficient (Wildman–Crippen LogP) is 4.25. The number of ketones is 1. The molecule has 1 aliphatic rings. The minimum absolute atomic E-state index is 0.0154. The van der Waals surface area contributed by atoms with Crippen LogP contribution in [0.3, 0.4) is 0 Å². The molecule has 0 radical (unpaired) electrons. The zero-order chi connectivity index (χ0) is 24.1. The summed E-state index contributed by atoms with van der Waals surface area (Å²) in [6.07, 6.45) is -0.0154. The van der Waals surface area contributed by atoms with Gasteiger partial charge in [-0.25, -0.2) is 0 Å². The van der Waals surface area contributed by atoms with Gasteiger partial charge in [-0.1, -0.05) is 18.2 Å². The number of rotatable bonds is 9. The molecule has 1 aliphatic heterocycles. The summed E-state index contributed by atoms with van der Waals surface area (Å²) >= 11 is 0. The SMILES string of the molecule is CCOc1ccc(/C(O)=C2\C(=O)C(=O)N(CCOC(C)C)C2c2ccccc2OC)cc1C. The standard InChI is InChI=1S/C26H31NO6/c1-6-32-20-12-11-18(15-17(20)4)24(28)22-23(19-9-7-8-10-21(19)31-5)27(26(30)25(22)29)13-14-33-16(2)3/h7-12,15-16,23,28H,6,13-14H2,1-5H3/b24-22+. The molecule has 1 fully saturated rings. The number of hydrogen-bond acceptors (Lipinski definition) is 6. The fraction of sp³-hybridized carbons (Fsp3) is 0.385. The van der Waals surface area contributed by atoms with E-state index < -0.39 is 17.7 Å². The normalized spacial score (nSPS) is 17.6. The molecule has 7 nitrogen and oxygen atoms in total. The number of hydrogen-bond donors (Lipinski definition) is 1. The number of para-hydroxylation sites is 1. The minimum atomic E-state index is -0.802. The highest BCUT2D eigenvalue weighted by atomic mass is 16.5. The summed E-state index contributed by atoms with van der Waals surface area (Å²) in [6, 6.07) is 11.6. The van der Waals surface area contributed by atoms with Crippen molar-refractivity contribution in [1.82, 2.24) is 4.90 Å². The summed E-state index contributed by atoms with van der Waals surface area (Å²) in [5.74, 6) is -0.431. The molecule has 0 spiro atoms. The number of carbonyl (C=O) groups excluding carboxylic acids is 2. The molecule has 0 bridgehead atoms. The number of aliphatic hydroxyl groups is 1. The van der Waals surface area contributed by atoms with Gasteiger partial charge in [0.15, 0.2) is 0 Å². The monoisotopic (exact) mass is 453 g/mol. The van der Waals surface area contributed by atoms with Gasteiger partial charge in [-0.15, -0.1) is 0 Å². The fourth-order valence-corrected chi connectivity index (χ4v) is 3.98. The summed E-state index contributed by atoms with van der Waals surface area (Å²) in [5.41, 5.74) is 1.90. The lowest BCUT2D eigenvalue weighted by Crippen LogP contribution is -2.33. The molecule has 7 heteroatoms. The topological polar surface area (TPSA) is 85.3 Å². The second-order valence-corrected chi connectivity index (χ2v) is 8.07. The Morgan fingerprint density at radius 1 is 1.12 bits per heavy atom. The molecule has 1 unspecified atom stereocenters. The van der Waals surface area contributed by atoms with Gasteiger partial charge in [0.1, 0.15) is 17.3 Å². The summed E-state index contributed by atoms with van der Waals surface area (Å²) in [7, 11) is 1.53. The van der Waals surface area contributed by atoms with Crippen LogP contribution >= 0.6 is 0 Å². The van der Waals surface area contributed by atoms with Crippen molar-refractivity contribution < 1.29 is 28.9 Å². The number of carbonyl (C=O) groups is 2. The number of aliphatic hydroxyl groups excluding tert-OH is 1. The quantitative estimate of drug-likeness (QED) is 0.347. The third-order valence-electron chi connectivity index (χ3n) is 5.51. The van der Waals surface area contributed by atoms with Crippen molar-refractivity contribution in [3.8, 4) is 11.5 Å². The summed E-state index contributed by atoms with van der Waals surface area (Å²) in [4.78, 5) is 27.6. The van der Waals surface area contributed by atoms with E-state index in [1.165, 1.54) is 12.0 Å². The summed E-state index contributed by atoms with van der Waals surface area (Å²) in [5, 5.41) is 11.2. The molecule has 1 heterocycles. The first-order chi connectivity index (χ1) is 15.8. The van der Waals surface area contributed by atoms with Crippen molar-refractivity contribution in [2.45, 2.75) is 39.8 Å². The van der Waals surface area contributed by atoms with Crippen LogP contribution in [-0.2, 0) is 14.3 Å². The minimum Gasteiger partial charge on any atom is -0.507 e. The number of methoxy groups -OCH3 is 1. The van der Waals surface area contributed by atoms with E-state index in [-0.39, 0.29) is 30.6 Å². The Kier molecular flexibility index (Phi) is 7.76. The second kappa shape index (κ2) is 10.5. The lowest BCUT2D eigenvalue weighted by Gasteiger charge is -2.26. The van der Waals surface area contributed by atoms with Crippen molar-refractivity contribution >= 4 is 17.4 Å². The van der Waals surface area contributed by atoms with E-state index in [1.54, 1.807) is 30.3 Å². The van der Waals surface area contributed by atoms with Gasteiger partial charge < -0.3 is 24.2 Å². The van der Waals surface area contributed by atoms with E-state index >= 15 is 0 Å². The third-order valence-corrected chi connectivity index (χ3v) is 5.51. The van der Waals surface area contributed by atoms with Crippen LogP contribution in [0.4, 0.5) is 0 Å². The highest BCUT2D eigenvalue weighted by Gasteiger charge is 2.46. The van der Waals surface area contributed by atoms with E-state index in [0.717, 1.165) is 5.56 Å². The molecule has 0 saturated carbocycles. The van der Waals surface area contributed by atoms with E-state index in [4.69, 9.17) is 14.2 Å². The van der Waals surface area contributed by atoms with Crippen LogP contribution in [0.1, 0.15) is 43.5 Å². The van der Waals surface area contributed by atoms with Gasteiger partial charge in [0.2, 0.25) is 0 Å². The maximum Gasteiger partial charge on any atom is 0.295 e. The maximum atomic E-state index is 13.1. The lowest BCUT2D eigenvalue weighted by molar-refractivity contribution is -0.140. The van der Waals surface area contributed by atoms with E-state index in [2.05, 4.69) is 0 Å². The van der Waals surface area contributed by atoms with Gasteiger partial charge in [-0.05, 0) is 57.5 Å². The number of benzene rings is 2. The van der Waals surface area contributed by atoms with Gasteiger partial charge in [-0.2, -0.15) is 0 Å². The molecule has 1 saturated heterocycles. The van der Waals surface area contributed by atoms with Gasteiger partial charge in [0.25, 0.3) is 11.7 Å². The molecule has 3 rings (SSSR count). The van der Waals surface area contributed by atoms with Crippen LogP contribution in [0, 0.1) is 6.92 Å². The number of nitrogens with zero attached hydrogens (tertiary/aromatic N) is 1. The van der Waals surface area contributed by atoms with Gasteiger partial charge in [0, 0.05) is 17.7 Å². The van der Waals surface area contributed by atoms with E-state index in [1.807, 2.05) is 39.8 Å². The molecule has 33 heavy (non-hydrogen) atoms. The smallest absolute Gasteiger partial charge is 0.295 e. The van der Waals surface area contributed by atoms with Crippen molar-refractivity contribution in [2.24, 2.45) is 0 Å². The van der Waals surface area contributed by atoms with Crippen molar-refractivity contribution in [3.63, 3.8) is 0 Å². The Hall–Kier alpha value is -3.32. The summed E-state index contributed by atoms with van der Waals surface area (Å²) < 4.78 is 16.7. The maximum absolute atomic E-state index is 13.1. The first kappa shape index (κ1) is 24.3. The first-order valence-corrected chi connectivity index (χ1v) is 11.1. The first-order valence-electron chi connectivity index (χ1n) is 11.1. The van der Waals surface area contributed by atoms with E-state index in [0.29, 0.717) is 29.2 Å². The highest BCUT2D eigenvalue weighted by molar-refractivity contribution is 6.46. The second-order valence-electron chi connectivity index (χ2n) is 8.07. The molecule has 176 valence electrons. The van der Waals surface area contributed by atoms with Crippen molar-refractivity contribution in [3.05, 3.63) is 64.7 Å². The molecule has 1 N–H and O–H groups in total. The Morgan fingerprint density at radius 2 is 1.85 bits per heavy atom. The number of Topliss-reactive ketones (excluding diaryl/α,β-unsaturated/α-hetero) is 1. The van der Waals surface area contributed by atoms with Crippen molar-refractivity contribution in [1.29, 1.82) is 0 Å². The largest absolute Gasteiger partial charge is 0.507 e. The zero-order valence-electron chi connectivity index (χ0n) is 19.8. The average Bonchev–Trinajstić information content (AvgIpc) is 3.04. The lowest BCUT2D eigenvalue weighted by atomic mass is 9.94. The van der Waals surface area contributed by atoms with Gasteiger partial charge in [-0.3, -0.25) is 9.59 Å². The van der Waals surface area contributed by atoms with E-state index in [9.17, 15) is 14.7 Å². The summed E-state index contributed by atoms with van der Waals surface area (Å²) in [6.45, 7) is 8.54. The molecule has 2 aromatic rings. The molecular formula is C26H31NO6. The molecule has 1 amide bonds. The highest BCUT2D eigenvalue weighted by Crippen LogP contribution is 2.42. The van der Waals surface area contributed by atoms with Gasteiger partial charge >= 0.3 is 0 Å². The fourth-order valence-electron chi connectivity index (χ4n) is 3.98. The molecule has 1 atom stereocenters. The number of amides is 1. The van der Waals surface area contributed by atoms with Crippen LogP contribution in [0.15, 0.2) is 48.0 Å². The van der Waals surface area contributed by atoms with Crippen LogP contribution in [-0.4, -0.2) is 54.7 Å². The molecular weight excluding hydrogens is 422 g/mol. The Balaban J connectivity index is 2.13. The predicted molar refractivity (Wildman–Crippen MR) is 125 cm³/mol. The van der Waals surface area contributed by atoms with Crippen LogP contribution in [0.5, 0.6) is 11.5 Å². The Morgan fingerprint density at radius 3 is 2.48 bits per heavy atom. The molecule has 2 aromatic carbocycles. The van der Waals surface area contributed by atoms with Crippen LogP contribution in [0.25, 0.3) is 5.76 Å². The number of likely N-dealkylation sites (tertiary alicyclic amines) is 1. The molecule has 0 aliphatic carbocycles. The Labute approximate surface area is 194 Å². The third kappa shape index (κ3) is 5.03. The van der Waals surface area contributed by atoms with Crippen molar-refractivity contribution in [2.75, 3.05) is 26.9 Å². The number of ether oxygens (including phenoxy) is 3. The van der Waals surface area contributed by atoms with Gasteiger partial charge in [0.05, 0.1) is 38.0 Å². The zero-order valence-corrected chi connectivity index (χ0v) is 19.8. The van der Waals surface area contributed by atoms with Crippen LogP contribution in [0.2, 0.25) is 0 Å². The average molecular weight is 454 g/mol. The van der Waals surface area contributed by atoms with Crippen LogP contribution < -0.4 is 9.47 Å².